The number of hydrogen-bond acceptors (Lipinski definition) is 5. The minimum Gasteiger partial charge on any atom is -0.381 e. The van der Waals surface area contributed by atoms with Gasteiger partial charge < -0.3 is 10.5 Å². The third-order valence-electron chi connectivity index (χ3n) is 2.98. The summed E-state index contributed by atoms with van der Waals surface area (Å²) in [4.78, 5) is 9.85. The Morgan fingerprint density at radius 1 is 1.38 bits per heavy atom. The van der Waals surface area contributed by atoms with Crippen LogP contribution in [0.5, 0.6) is 0 Å². The summed E-state index contributed by atoms with van der Waals surface area (Å²) >= 11 is 1.60. The Labute approximate surface area is 97.5 Å². The van der Waals surface area contributed by atoms with E-state index >= 15 is 0 Å². The van der Waals surface area contributed by atoms with Crippen molar-refractivity contribution in [3.05, 3.63) is 23.3 Å². The number of nitrogens with zero attached hydrogens (tertiary/aromatic N) is 2. The number of ether oxygens (including phenoxy) is 1. The Hall–Kier alpha value is -1.04. The summed E-state index contributed by atoms with van der Waals surface area (Å²) < 4.78 is 5.34. The second kappa shape index (κ2) is 3.76. The zero-order valence-corrected chi connectivity index (χ0v) is 9.67. The summed E-state index contributed by atoms with van der Waals surface area (Å²) in [5, 5.41) is 0.990. The van der Waals surface area contributed by atoms with Gasteiger partial charge in [-0.25, -0.2) is 9.97 Å². The Balaban J connectivity index is 2.04. The lowest BCUT2D eigenvalue weighted by atomic mass is 9.92. The molecular weight excluding hydrogens is 222 g/mol. The summed E-state index contributed by atoms with van der Waals surface area (Å²) in [7, 11) is 0. The maximum absolute atomic E-state index is 6.38. The number of rotatable bonds is 1. The lowest BCUT2D eigenvalue weighted by Gasteiger charge is -2.31. The number of fused-ring (bicyclic) bond motifs is 1. The molecule has 5 heteroatoms. The van der Waals surface area contributed by atoms with Crippen molar-refractivity contribution in [2.45, 2.75) is 18.4 Å². The van der Waals surface area contributed by atoms with Crippen molar-refractivity contribution >= 4 is 21.7 Å². The standard InChI is InChI=1S/C11H13N3OS/c12-11(3-6-15-7-4-11)10-14-8-2-1-5-13-9(8)16-10/h1-2,5H,3-4,6-7,12H2. The highest BCUT2D eigenvalue weighted by Crippen LogP contribution is 2.33. The van der Waals surface area contributed by atoms with E-state index in [9.17, 15) is 0 Å². The van der Waals surface area contributed by atoms with Crippen molar-refractivity contribution in [3.8, 4) is 0 Å². The Bertz CT molecular complexity index is 472. The molecule has 0 aliphatic carbocycles. The van der Waals surface area contributed by atoms with Crippen molar-refractivity contribution < 1.29 is 4.74 Å². The van der Waals surface area contributed by atoms with Crippen LogP contribution in [0.1, 0.15) is 17.8 Å². The molecule has 0 aromatic carbocycles. The Morgan fingerprint density at radius 3 is 2.94 bits per heavy atom. The summed E-state index contributed by atoms with van der Waals surface area (Å²) in [6.45, 7) is 1.44. The molecule has 4 nitrogen and oxygen atoms in total. The van der Waals surface area contributed by atoms with Gasteiger partial charge in [0.1, 0.15) is 15.4 Å². The minimum atomic E-state index is -0.316. The van der Waals surface area contributed by atoms with Crippen LogP contribution < -0.4 is 5.73 Å². The van der Waals surface area contributed by atoms with Gasteiger partial charge in [0.15, 0.2) is 0 Å². The fourth-order valence-corrected chi connectivity index (χ4v) is 3.00. The summed E-state index contributed by atoms with van der Waals surface area (Å²) in [5.74, 6) is 0. The van der Waals surface area contributed by atoms with Gasteiger partial charge in [-0.3, -0.25) is 0 Å². The average molecular weight is 235 g/mol. The van der Waals surface area contributed by atoms with Gasteiger partial charge in [0.25, 0.3) is 0 Å². The molecular formula is C11H13N3OS. The van der Waals surface area contributed by atoms with Gasteiger partial charge in [-0.2, -0.15) is 0 Å². The van der Waals surface area contributed by atoms with Gasteiger partial charge in [0, 0.05) is 19.4 Å². The first-order valence-corrected chi connectivity index (χ1v) is 6.18. The van der Waals surface area contributed by atoms with E-state index in [1.54, 1.807) is 17.5 Å². The molecule has 2 N–H and O–H groups in total. The Morgan fingerprint density at radius 2 is 2.19 bits per heavy atom. The third kappa shape index (κ3) is 1.61. The first-order chi connectivity index (χ1) is 7.78. The molecule has 1 saturated heterocycles. The number of aromatic nitrogens is 2. The van der Waals surface area contributed by atoms with Gasteiger partial charge >= 0.3 is 0 Å². The van der Waals surface area contributed by atoms with Crippen LogP contribution in [-0.2, 0) is 10.3 Å². The molecule has 2 aromatic rings. The van der Waals surface area contributed by atoms with Crippen LogP contribution in [-0.4, -0.2) is 23.2 Å². The van der Waals surface area contributed by atoms with Crippen LogP contribution in [0, 0.1) is 0 Å². The van der Waals surface area contributed by atoms with E-state index in [0.717, 1.165) is 41.4 Å². The molecule has 84 valence electrons. The van der Waals surface area contributed by atoms with Crippen molar-refractivity contribution in [2.24, 2.45) is 5.73 Å². The number of thiazole rings is 1. The van der Waals surface area contributed by atoms with E-state index < -0.39 is 0 Å². The molecule has 3 heterocycles. The second-order valence-electron chi connectivity index (χ2n) is 4.12. The van der Waals surface area contributed by atoms with Crippen molar-refractivity contribution in [2.75, 3.05) is 13.2 Å². The lowest BCUT2D eigenvalue weighted by Crippen LogP contribution is -2.42. The summed E-state index contributed by atoms with van der Waals surface area (Å²) in [6.07, 6.45) is 3.47. The molecule has 0 amide bonds. The molecule has 0 spiro atoms. The Kier molecular flexibility index (Phi) is 2.38. The second-order valence-corrected chi connectivity index (χ2v) is 5.09. The first-order valence-electron chi connectivity index (χ1n) is 5.37. The topological polar surface area (TPSA) is 61.0 Å². The van der Waals surface area contributed by atoms with Crippen LogP contribution in [0.2, 0.25) is 0 Å². The number of hydrogen-bond donors (Lipinski definition) is 1. The van der Waals surface area contributed by atoms with Crippen LogP contribution in [0.25, 0.3) is 10.3 Å². The zero-order chi connectivity index (χ0) is 11.0. The maximum atomic E-state index is 6.38. The predicted octanol–water partition coefficient (Wildman–Crippen LogP) is 1.66. The first kappa shape index (κ1) is 10.1. The molecule has 0 unspecified atom stereocenters. The van der Waals surface area contributed by atoms with Crippen molar-refractivity contribution in [3.63, 3.8) is 0 Å². The smallest absolute Gasteiger partial charge is 0.143 e. The zero-order valence-electron chi connectivity index (χ0n) is 8.85. The van der Waals surface area contributed by atoms with E-state index in [-0.39, 0.29) is 5.54 Å². The highest BCUT2D eigenvalue weighted by atomic mass is 32.1. The largest absolute Gasteiger partial charge is 0.381 e. The summed E-state index contributed by atoms with van der Waals surface area (Å²) in [5.41, 5.74) is 7.01. The lowest BCUT2D eigenvalue weighted by molar-refractivity contribution is 0.0522. The van der Waals surface area contributed by atoms with E-state index in [4.69, 9.17) is 10.5 Å². The van der Waals surface area contributed by atoms with Gasteiger partial charge in [-0.1, -0.05) is 11.3 Å². The molecule has 0 saturated carbocycles. The predicted molar refractivity (Wildman–Crippen MR) is 63.3 cm³/mol. The quantitative estimate of drug-likeness (QED) is 0.816. The number of nitrogens with two attached hydrogens (primary N) is 1. The molecule has 1 aliphatic rings. The fourth-order valence-electron chi connectivity index (χ4n) is 1.93. The van der Waals surface area contributed by atoms with E-state index in [1.807, 2.05) is 12.1 Å². The molecule has 3 rings (SSSR count). The van der Waals surface area contributed by atoms with Crippen molar-refractivity contribution in [1.82, 2.24) is 9.97 Å². The van der Waals surface area contributed by atoms with Gasteiger partial charge in [-0.05, 0) is 25.0 Å². The SMILES string of the molecule is NC1(c2nc3cccnc3s2)CCOCC1. The monoisotopic (exact) mass is 235 g/mol. The van der Waals surface area contributed by atoms with Crippen LogP contribution in [0.3, 0.4) is 0 Å². The van der Waals surface area contributed by atoms with Crippen LogP contribution >= 0.6 is 11.3 Å². The normalized spacial score (nSPS) is 20.1. The van der Waals surface area contributed by atoms with E-state index in [0.29, 0.717) is 0 Å². The fraction of sp³-hybridized carbons (Fsp3) is 0.455. The van der Waals surface area contributed by atoms with E-state index in [1.165, 1.54) is 0 Å². The molecule has 1 aliphatic heterocycles. The summed E-state index contributed by atoms with van der Waals surface area (Å²) in [6, 6.07) is 3.88. The van der Waals surface area contributed by atoms with Crippen LogP contribution in [0.15, 0.2) is 18.3 Å². The maximum Gasteiger partial charge on any atom is 0.143 e. The highest BCUT2D eigenvalue weighted by Gasteiger charge is 2.33. The van der Waals surface area contributed by atoms with Crippen LogP contribution in [0.4, 0.5) is 0 Å². The molecule has 2 aromatic heterocycles. The van der Waals surface area contributed by atoms with Crippen molar-refractivity contribution in [1.29, 1.82) is 0 Å². The molecule has 1 fully saturated rings. The average Bonchev–Trinajstić information content (AvgIpc) is 2.74. The highest BCUT2D eigenvalue weighted by molar-refractivity contribution is 7.18. The number of pyridine rings is 1. The van der Waals surface area contributed by atoms with Gasteiger partial charge in [0.2, 0.25) is 0 Å². The molecule has 16 heavy (non-hydrogen) atoms. The molecule has 0 radical (unpaired) electrons. The molecule has 0 atom stereocenters. The van der Waals surface area contributed by atoms with Gasteiger partial charge in [-0.15, -0.1) is 0 Å². The van der Waals surface area contributed by atoms with E-state index in [2.05, 4.69) is 9.97 Å². The third-order valence-corrected chi connectivity index (χ3v) is 4.18. The molecule has 0 bridgehead atoms. The minimum absolute atomic E-state index is 0.316. The van der Waals surface area contributed by atoms with Gasteiger partial charge in [0.05, 0.1) is 5.54 Å².